The third kappa shape index (κ3) is 5.29. The van der Waals surface area contributed by atoms with Gasteiger partial charge in [-0.3, -0.25) is 0 Å². The second-order valence-electron chi connectivity index (χ2n) is 6.64. The average Bonchev–Trinajstić information content (AvgIpc) is 2.77. The van der Waals surface area contributed by atoms with E-state index in [1.54, 1.807) is 21.3 Å². The molecule has 8 atom stereocenters. The number of hydrogen-bond donors (Lipinski definition) is 0. The summed E-state index contributed by atoms with van der Waals surface area (Å²) in [7, 11) is 10.4. The molecule has 0 aromatic heterocycles. The van der Waals surface area contributed by atoms with Gasteiger partial charge in [-0.05, 0) is 6.08 Å². The van der Waals surface area contributed by atoms with Crippen molar-refractivity contribution in [2.24, 2.45) is 0 Å². The number of carbonyl (C=O) groups excluding carboxylic acids is 1. The van der Waals surface area contributed by atoms with E-state index in [1.807, 2.05) is 0 Å². The smallest absolute Gasteiger partial charge is 0.373 e. The summed E-state index contributed by atoms with van der Waals surface area (Å²) in [5.74, 6) is -0.724. The Balaban J connectivity index is 2.33. The summed E-state index contributed by atoms with van der Waals surface area (Å²) < 4.78 is 55.4. The Hall–Kier alpha value is -1.31. The van der Waals surface area contributed by atoms with Crippen molar-refractivity contribution >= 4 is 5.97 Å². The summed E-state index contributed by atoms with van der Waals surface area (Å²) in [6.07, 6.45) is -3.85. The molecule has 2 aliphatic rings. The second-order valence-corrected chi connectivity index (χ2v) is 6.64. The van der Waals surface area contributed by atoms with E-state index in [9.17, 15) is 4.79 Å². The summed E-state index contributed by atoms with van der Waals surface area (Å²) in [4.78, 5) is 12.0. The molecule has 0 bridgehead atoms. The van der Waals surface area contributed by atoms with Crippen LogP contribution >= 0.6 is 0 Å². The van der Waals surface area contributed by atoms with Gasteiger partial charge >= 0.3 is 5.97 Å². The largest absolute Gasteiger partial charge is 0.463 e. The molecule has 2 rings (SSSR count). The number of methoxy groups -OCH3 is 7. The second kappa shape index (κ2) is 11.9. The van der Waals surface area contributed by atoms with Crippen LogP contribution in [0.3, 0.4) is 0 Å². The Morgan fingerprint density at radius 1 is 0.833 bits per heavy atom. The fourth-order valence-corrected chi connectivity index (χ4v) is 3.63. The Bertz CT molecular complexity index is 569. The van der Waals surface area contributed by atoms with Crippen LogP contribution in [0.4, 0.5) is 0 Å². The molecule has 1 fully saturated rings. The van der Waals surface area contributed by atoms with Crippen LogP contribution in [0.1, 0.15) is 0 Å². The van der Waals surface area contributed by atoms with Crippen molar-refractivity contribution in [2.45, 2.75) is 49.2 Å². The van der Waals surface area contributed by atoms with E-state index in [0.29, 0.717) is 0 Å². The molecule has 0 aliphatic carbocycles. The highest BCUT2D eigenvalue weighted by atomic mass is 16.7. The highest BCUT2D eigenvalue weighted by Gasteiger charge is 2.50. The van der Waals surface area contributed by atoms with Gasteiger partial charge < -0.3 is 47.4 Å². The third-order valence-corrected chi connectivity index (χ3v) is 5.07. The first kappa shape index (κ1) is 25.0. The van der Waals surface area contributed by atoms with Gasteiger partial charge in [0.1, 0.15) is 36.6 Å². The van der Waals surface area contributed by atoms with Gasteiger partial charge in [0.05, 0.1) is 13.7 Å². The molecule has 11 nitrogen and oxygen atoms in total. The quantitative estimate of drug-likeness (QED) is 0.427. The lowest BCUT2D eigenvalue weighted by Crippen LogP contribution is -2.62. The van der Waals surface area contributed by atoms with Crippen molar-refractivity contribution in [1.29, 1.82) is 0 Å². The van der Waals surface area contributed by atoms with E-state index in [0.717, 1.165) is 0 Å². The normalized spacial score (nSPS) is 36.7. The summed E-state index contributed by atoms with van der Waals surface area (Å²) in [5, 5.41) is 0. The van der Waals surface area contributed by atoms with Crippen LogP contribution in [0.5, 0.6) is 0 Å². The first-order valence-electron chi connectivity index (χ1n) is 9.40. The number of esters is 1. The lowest BCUT2D eigenvalue weighted by atomic mass is 9.98. The molecule has 30 heavy (non-hydrogen) atoms. The summed E-state index contributed by atoms with van der Waals surface area (Å²) in [5.41, 5.74) is 0. The van der Waals surface area contributed by atoms with Gasteiger partial charge in [-0.2, -0.15) is 0 Å². The molecule has 0 amide bonds. The molecule has 11 heteroatoms. The first-order chi connectivity index (χ1) is 14.5. The van der Waals surface area contributed by atoms with Gasteiger partial charge in [0.15, 0.2) is 6.29 Å². The third-order valence-electron chi connectivity index (χ3n) is 5.07. The Morgan fingerprint density at radius 3 is 1.97 bits per heavy atom. The Kier molecular flexibility index (Phi) is 9.91. The van der Waals surface area contributed by atoms with Gasteiger partial charge in [-0.15, -0.1) is 0 Å². The fourth-order valence-electron chi connectivity index (χ4n) is 3.63. The highest BCUT2D eigenvalue weighted by Crippen LogP contribution is 2.32. The van der Waals surface area contributed by atoms with E-state index < -0.39 is 55.2 Å². The van der Waals surface area contributed by atoms with Gasteiger partial charge in [-0.25, -0.2) is 4.79 Å². The molecule has 3 unspecified atom stereocenters. The fraction of sp³-hybridized carbons (Fsp3) is 0.842. The van der Waals surface area contributed by atoms with Crippen molar-refractivity contribution in [3.8, 4) is 0 Å². The molecule has 0 aromatic rings. The van der Waals surface area contributed by atoms with E-state index in [1.165, 1.54) is 34.5 Å². The topological polar surface area (TPSA) is 109 Å². The number of ether oxygens (including phenoxy) is 10. The van der Waals surface area contributed by atoms with Crippen molar-refractivity contribution in [3.63, 3.8) is 0 Å². The van der Waals surface area contributed by atoms with Crippen molar-refractivity contribution in [1.82, 2.24) is 0 Å². The van der Waals surface area contributed by atoms with Gasteiger partial charge in [0, 0.05) is 42.7 Å². The Labute approximate surface area is 176 Å². The maximum absolute atomic E-state index is 12.0. The van der Waals surface area contributed by atoms with Crippen molar-refractivity contribution in [3.05, 3.63) is 11.8 Å². The molecule has 1 saturated heterocycles. The first-order valence-corrected chi connectivity index (χ1v) is 9.40. The lowest BCUT2D eigenvalue weighted by Gasteiger charge is -2.46. The van der Waals surface area contributed by atoms with E-state index in [-0.39, 0.29) is 12.4 Å². The van der Waals surface area contributed by atoms with Gasteiger partial charge in [-0.1, -0.05) is 0 Å². The zero-order chi connectivity index (χ0) is 22.3. The van der Waals surface area contributed by atoms with Gasteiger partial charge in [0.25, 0.3) is 0 Å². The standard InChI is InChI=1S/C19H32O11/c1-21-9-12-13(22-2)15(24-4)16(25-5)19(30-12)28-10-8-11(17(20)26-6)29-18(27-7)14(10)23-3/h8,10,12-16,18-19H,9H2,1-7H3/t10?,12-,13+,14?,15-,16-,18?,19+/m0/s1. The van der Waals surface area contributed by atoms with Crippen LogP contribution in [0, 0.1) is 0 Å². The van der Waals surface area contributed by atoms with Crippen LogP contribution in [0.15, 0.2) is 11.8 Å². The molecule has 0 radical (unpaired) electrons. The molecular formula is C19H32O11. The Morgan fingerprint density at radius 2 is 1.47 bits per heavy atom. The predicted octanol–water partition coefficient (Wildman–Crippen LogP) is -0.137. The van der Waals surface area contributed by atoms with Gasteiger partial charge in [0.2, 0.25) is 12.0 Å². The number of rotatable bonds is 10. The molecule has 0 spiro atoms. The maximum Gasteiger partial charge on any atom is 0.373 e. The molecule has 174 valence electrons. The summed E-state index contributed by atoms with van der Waals surface area (Å²) in [6, 6.07) is 0. The van der Waals surface area contributed by atoms with E-state index in [4.69, 9.17) is 47.4 Å². The zero-order valence-corrected chi connectivity index (χ0v) is 18.4. The molecule has 0 aromatic carbocycles. The summed E-state index contributed by atoms with van der Waals surface area (Å²) >= 11 is 0. The van der Waals surface area contributed by atoms with E-state index in [2.05, 4.69) is 0 Å². The van der Waals surface area contributed by atoms with E-state index >= 15 is 0 Å². The molecule has 0 N–H and O–H groups in total. The maximum atomic E-state index is 12.0. The minimum absolute atomic E-state index is 0.0565. The monoisotopic (exact) mass is 436 g/mol. The molecule has 0 saturated carbocycles. The van der Waals surface area contributed by atoms with Crippen LogP contribution in [0.25, 0.3) is 0 Å². The number of carbonyl (C=O) groups is 1. The molecule has 2 aliphatic heterocycles. The highest BCUT2D eigenvalue weighted by molar-refractivity contribution is 5.86. The number of hydrogen-bond acceptors (Lipinski definition) is 11. The van der Waals surface area contributed by atoms with Crippen LogP contribution in [-0.4, -0.2) is 112 Å². The van der Waals surface area contributed by atoms with Crippen LogP contribution in [0.2, 0.25) is 0 Å². The minimum atomic E-state index is -0.900. The zero-order valence-electron chi connectivity index (χ0n) is 18.4. The average molecular weight is 436 g/mol. The molecular weight excluding hydrogens is 404 g/mol. The summed E-state index contributed by atoms with van der Waals surface area (Å²) in [6.45, 7) is 0.250. The van der Waals surface area contributed by atoms with Crippen LogP contribution < -0.4 is 0 Å². The minimum Gasteiger partial charge on any atom is -0.463 e. The van der Waals surface area contributed by atoms with Crippen LogP contribution in [-0.2, 0) is 52.2 Å². The molecule has 2 heterocycles. The van der Waals surface area contributed by atoms with Crippen molar-refractivity contribution in [2.75, 3.05) is 56.4 Å². The predicted molar refractivity (Wildman–Crippen MR) is 101 cm³/mol. The lowest BCUT2D eigenvalue weighted by molar-refractivity contribution is -0.331. The SMILES string of the molecule is COC[C@@H]1O[C@@H](OC2C=C(C(=O)OC)OC(OC)C2OC)[C@@H](OC)[C@@H](OC)[C@@H]1OC. The van der Waals surface area contributed by atoms with Crippen molar-refractivity contribution < 1.29 is 52.2 Å².